The maximum atomic E-state index is 11.6. The van der Waals surface area contributed by atoms with Gasteiger partial charge >= 0.3 is 0 Å². The third-order valence-electron chi connectivity index (χ3n) is 2.79. The predicted molar refractivity (Wildman–Crippen MR) is 64.2 cm³/mol. The molecule has 0 atom stereocenters. The molecule has 5 heteroatoms. The molecular weight excluding hydrogens is 232 g/mol. The highest BCUT2D eigenvalue weighted by molar-refractivity contribution is 6.04. The largest absolute Gasteiger partial charge is 0.350 e. The van der Waals surface area contributed by atoms with E-state index in [0.717, 1.165) is 10.5 Å². The lowest BCUT2D eigenvalue weighted by Gasteiger charge is -2.13. The van der Waals surface area contributed by atoms with E-state index in [0.29, 0.717) is 6.54 Å². The number of rotatable bonds is 4. The molecule has 1 aliphatic heterocycles. The second kappa shape index (κ2) is 5.44. The second-order valence-electron chi connectivity index (χ2n) is 4.14. The van der Waals surface area contributed by atoms with Crippen LogP contribution in [-0.4, -0.2) is 29.2 Å². The van der Waals surface area contributed by atoms with Crippen molar-refractivity contribution >= 4 is 17.7 Å². The average Bonchev–Trinajstić information content (AvgIpc) is 2.69. The van der Waals surface area contributed by atoms with Crippen molar-refractivity contribution in [1.82, 2.24) is 10.2 Å². The fraction of sp³-hybridized carbons (Fsp3) is 0.308. The molecule has 0 aliphatic carbocycles. The molecule has 0 saturated carbocycles. The van der Waals surface area contributed by atoms with Crippen LogP contribution in [0.3, 0.4) is 0 Å². The Balaban J connectivity index is 1.82. The molecule has 0 spiro atoms. The summed E-state index contributed by atoms with van der Waals surface area (Å²) in [4.78, 5) is 35.3. The summed E-state index contributed by atoms with van der Waals surface area (Å²) in [5.41, 5.74) is 0.977. The Bertz CT molecular complexity index is 454. The van der Waals surface area contributed by atoms with Gasteiger partial charge in [0.05, 0.1) is 0 Å². The van der Waals surface area contributed by atoms with Crippen LogP contribution in [0.1, 0.15) is 18.4 Å². The lowest BCUT2D eigenvalue weighted by atomic mass is 10.2. The van der Waals surface area contributed by atoms with Crippen LogP contribution in [-0.2, 0) is 20.9 Å². The minimum atomic E-state index is -0.317. The van der Waals surface area contributed by atoms with Crippen molar-refractivity contribution in [2.45, 2.75) is 19.4 Å². The molecule has 0 unspecified atom stereocenters. The number of hydrogen-bond acceptors (Lipinski definition) is 3. The van der Waals surface area contributed by atoms with Crippen molar-refractivity contribution in [2.24, 2.45) is 0 Å². The summed E-state index contributed by atoms with van der Waals surface area (Å²) < 4.78 is 0. The first-order valence-corrected chi connectivity index (χ1v) is 5.80. The first kappa shape index (κ1) is 12.3. The van der Waals surface area contributed by atoms with E-state index in [9.17, 15) is 14.4 Å². The summed E-state index contributed by atoms with van der Waals surface area (Å²) in [6.07, 6.45) is 0.426. The van der Waals surface area contributed by atoms with Gasteiger partial charge < -0.3 is 5.32 Å². The maximum Gasteiger partial charge on any atom is 0.240 e. The standard InChI is InChI=1S/C13H14N2O3/c16-11(9-15-12(17)6-7-13(15)18)14-8-10-4-2-1-3-5-10/h1-5H,6-9H2,(H,14,16). The van der Waals surface area contributed by atoms with E-state index in [1.807, 2.05) is 30.3 Å². The predicted octanol–water partition coefficient (Wildman–Crippen LogP) is 0.452. The molecule has 0 radical (unpaired) electrons. The summed E-state index contributed by atoms with van der Waals surface area (Å²) in [6.45, 7) is 0.223. The van der Waals surface area contributed by atoms with Gasteiger partial charge in [0.1, 0.15) is 6.54 Å². The van der Waals surface area contributed by atoms with Gasteiger partial charge in [-0.25, -0.2) is 0 Å². The number of imide groups is 1. The van der Waals surface area contributed by atoms with Gasteiger partial charge in [-0.05, 0) is 5.56 Å². The molecular formula is C13H14N2O3. The highest BCUT2D eigenvalue weighted by Gasteiger charge is 2.30. The molecule has 5 nitrogen and oxygen atoms in total. The van der Waals surface area contributed by atoms with Crippen LogP contribution in [0.5, 0.6) is 0 Å². The molecule has 3 amide bonds. The summed E-state index contributed by atoms with van der Waals surface area (Å²) >= 11 is 0. The van der Waals surface area contributed by atoms with Gasteiger partial charge in [0.15, 0.2) is 0 Å². The maximum absolute atomic E-state index is 11.6. The van der Waals surface area contributed by atoms with Gasteiger partial charge in [-0.1, -0.05) is 30.3 Å². The van der Waals surface area contributed by atoms with Gasteiger partial charge in [-0.15, -0.1) is 0 Å². The molecule has 1 N–H and O–H groups in total. The number of benzene rings is 1. The Morgan fingerprint density at radius 1 is 1.11 bits per heavy atom. The smallest absolute Gasteiger partial charge is 0.240 e. The Morgan fingerprint density at radius 3 is 2.33 bits per heavy atom. The topological polar surface area (TPSA) is 66.5 Å². The third kappa shape index (κ3) is 2.94. The first-order valence-electron chi connectivity index (χ1n) is 5.80. The molecule has 1 fully saturated rings. The first-order chi connectivity index (χ1) is 8.66. The van der Waals surface area contributed by atoms with E-state index in [1.54, 1.807) is 0 Å². The van der Waals surface area contributed by atoms with Crippen molar-refractivity contribution in [2.75, 3.05) is 6.54 Å². The Labute approximate surface area is 105 Å². The number of carbonyl (C=O) groups excluding carboxylic acids is 3. The Morgan fingerprint density at radius 2 is 1.72 bits per heavy atom. The van der Waals surface area contributed by atoms with E-state index in [4.69, 9.17) is 0 Å². The third-order valence-corrected chi connectivity index (χ3v) is 2.79. The lowest BCUT2D eigenvalue weighted by Crippen LogP contribution is -2.39. The molecule has 1 aromatic rings. The van der Waals surface area contributed by atoms with E-state index in [1.165, 1.54) is 0 Å². The number of carbonyl (C=O) groups is 3. The van der Waals surface area contributed by atoms with Crippen LogP contribution in [0, 0.1) is 0 Å². The quantitative estimate of drug-likeness (QED) is 0.784. The minimum absolute atomic E-state index is 0.176. The number of nitrogens with one attached hydrogen (secondary N) is 1. The van der Waals surface area contributed by atoms with Gasteiger partial charge in [0, 0.05) is 19.4 Å². The summed E-state index contributed by atoms with van der Waals surface area (Å²) in [7, 11) is 0. The molecule has 2 rings (SSSR count). The van der Waals surface area contributed by atoms with Crippen LogP contribution in [0.4, 0.5) is 0 Å². The number of amides is 3. The number of nitrogens with zero attached hydrogens (tertiary/aromatic N) is 1. The fourth-order valence-electron chi connectivity index (χ4n) is 1.80. The summed E-state index contributed by atoms with van der Waals surface area (Å²) in [6, 6.07) is 9.45. The molecule has 1 aliphatic rings. The molecule has 94 valence electrons. The summed E-state index contributed by atoms with van der Waals surface area (Å²) in [5.74, 6) is -0.854. The monoisotopic (exact) mass is 246 g/mol. The van der Waals surface area contributed by atoms with Crippen molar-refractivity contribution in [1.29, 1.82) is 0 Å². The molecule has 1 saturated heterocycles. The zero-order chi connectivity index (χ0) is 13.0. The van der Waals surface area contributed by atoms with Crippen molar-refractivity contribution < 1.29 is 14.4 Å². The van der Waals surface area contributed by atoms with Crippen LogP contribution in [0.15, 0.2) is 30.3 Å². The number of likely N-dealkylation sites (tertiary alicyclic amines) is 1. The number of hydrogen-bond donors (Lipinski definition) is 1. The Hall–Kier alpha value is -2.17. The molecule has 0 bridgehead atoms. The van der Waals surface area contributed by atoms with E-state index >= 15 is 0 Å². The van der Waals surface area contributed by atoms with E-state index in [2.05, 4.69) is 5.32 Å². The molecule has 18 heavy (non-hydrogen) atoms. The van der Waals surface area contributed by atoms with Crippen molar-refractivity contribution in [3.8, 4) is 0 Å². The van der Waals surface area contributed by atoms with Gasteiger partial charge in [-0.2, -0.15) is 0 Å². The van der Waals surface area contributed by atoms with E-state index < -0.39 is 0 Å². The zero-order valence-corrected chi connectivity index (χ0v) is 9.89. The lowest BCUT2D eigenvalue weighted by molar-refractivity contribution is -0.142. The van der Waals surface area contributed by atoms with Crippen LogP contribution >= 0.6 is 0 Å². The SMILES string of the molecule is O=C(CN1C(=O)CCC1=O)NCc1ccccc1. The van der Waals surface area contributed by atoms with Crippen LogP contribution in [0.2, 0.25) is 0 Å². The molecule has 1 heterocycles. The van der Waals surface area contributed by atoms with Gasteiger partial charge in [0.2, 0.25) is 17.7 Å². The zero-order valence-electron chi connectivity index (χ0n) is 9.89. The Kier molecular flexibility index (Phi) is 3.72. The van der Waals surface area contributed by atoms with Crippen molar-refractivity contribution in [3.63, 3.8) is 0 Å². The highest BCUT2D eigenvalue weighted by Crippen LogP contribution is 2.10. The van der Waals surface area contributed by atoms with Crippen molar-refractivity contribution in [3.05, 3.63) is 35.9 Å². The summed E-state index contributed by atoms with van der Waals surface area (Å²) in [5, 5.41) is 2.68. The fourth-order valence-corrected chi connectivity index (χ4v) is 1.80. The minimum Gasteiger partial charge on any atom is -0.350 e. The normalized spacial score (nSPS) is 15.0. The second-order valence-corrected chi connectivity index (χ2v) is 4.14. The highest BCUT2D eigenvalue weighted by atomic mass is 16.2. The van der Waals surface area contributed by atoms with Crippen LogP contribution in [0.25, 0.3) is 0 Å². The van der Waals surface area contributed by atoms with Crippen LogP contribution < -0.4 is 5.32 Å². The van der Waals surface area contributed by atoms with E-state index in [-0.39, 0.29) is 37.1 Å². The van der Waals surface area contributed by atoms with Gasteiger partial charge in [0.25, 0.3) is 0 Å². The van der Waals surface area contributed by atoms with Gasteiger partial charge in [-0.3, -0.25) is 19.3 Å². The average molecular weight is 246 g/mol. The molecule has 1 aromatic carbocycles. The molecule has 0 aromatic heterocycles.